The average molecular weight is 315 g/mol. The van der Waals surface area contributed by atoms with Crippen LogP contribution in [0, 0.1) is 5.92 Å². The van der Waals surface area contributed by atoms with E-state index >= 15 is 0 Å². The summed E-state index contributed by atoms with van der Waals surface area (Å²) in [6.07, 6.45) is 9.20. The van der Waals surface area contributed by atoms with Gasteiger partial charge in [0.05, 0.1) is 6.10 Å². The van der Waals surface area contributed by atoms with Crippen LogP contribution < -0.4 is 0 Å². The largest absolute Gasteiger partial charge is 0.508 e. The molecule has 3 rings (SSSR count). The molecule has 2 aliphatic rings. The highest BCUT2D eigenvalue weighted by molar-refractivity contribution is 5.77. The Bertz CT molecular complexity index is 563. The lowest BCUT2D eigenvalue weighted by molar-refractivity contribution is -0.134. The molecule has 1 heterocycles. The number of hydrogen-bond donors (Lipinski definition) is 1. The lowest BCUT2D eigenvalue weighted by atomic mass is 10.0. The highest BCUT2D eigenvalue weighted by Gasteiger charge is 2.25. The summed E-state index contributed by atoms with van der Waals surface area (Å²) in [5.74, 6) is 0.762. The van der Waals surface area contributed by atoms with Gasteiger partial charge in [-0.25, -0.2) is 0 Å². The second kappa shape index (κ2) is 7.64. The van der Waals surface area contributed by atoms with Gasteiger partial charge in [-0.3, -0.25) is 4.79 Å². The number of amides is 1. The second-order valence-electron chi connectivity index (χ2n) is 6.51. The zero-order chi connectivity index (χ0) is 16.1. The van der Waals surface area contributed by atoms with E-state index in [4.69, 9.17) is 4.74 Å². The molecule has 0 bridgehead atoms. The Kier molecular flexibility index (Phi) is 5.34. The topological polar surface area (TPSA) is 49.8 Å². The van der Waals surface area contributed by atoms with Crippen molar-refractivity contribution in [2.75, 3.05) is 13.2 Å². The van der Waals surface area contributed by atoms with E-state index in [0.717, 1.165) is 37.9 Å². The Balaban J connectivity index is 1.68. The van der Waals surface area contributed by atoms with Gasteiger partial charge in [0.2, 0.25) is 5.91 Å². The number of carbonyl (C=O) groups is 1. The first kappa shape index (κ1) is 16.1. The molecule has 0 saturated carbocycles. The van der Waals surface area contributed by atoms with Crippen molar-refractivity contribution >= 4 is 5.91 Å². The molecule has 1 fully saturated rings. The lowest BCUT2D eigenvalue weighted by Crippen LogP contribution is -2.37. The quantitative estimate of drug-likeness (QED) is 0.820. The summed E-state index contributed by atoms with van der Waals surface area (Å²) < 4.78 is 5.70. The number of ether oxygens (including phenoxy) is 1. The zero-order valence-electron chi connectivity index (χ0n) is 13.5. The van der Waals surface area contributed by atoms with Crippen LogP contribution in [0.25, 0.3) is 0 Å². The number of rotatable bonds is 6. The summed E-state index contributed by atoms with van der Waals surface area (Å²) in [6, 6.07) is 7.24. The van der Waals surface area contributed by atoms with E-state index < -0.39 is 0 Å². The zero-order valence-corrected chi connectivity index (χ0v) is 13.5. The SMILES string of the molecule is O=C(CC1C=CCC1)N(Cc1ccccc1O)CC1CCCO1. The van der Waals surface area contributed by atoms with Gasteiger partial charge in [-0.05, 0) is 37.7 Å². The van der Waals surface area contributed by atoms with Gasteiger partial charge < -0.3 is 14.7 Å². The highest BCUT2D eigenvalue weighted by Crippen LogP contribution is 2.24. The van der Waals surface area contributed by atoms with Gasteiger partial charge in [-0.15, -0.1) is 0 Å². The maximum atomic E-state index is 12.8. The lowest BCUT2D eigenvalue weighted by Gasteiger charge is -2.27. The summed E-state index contributed by atoms with van der Waals surface area (Å²) in [7, 11) is 0. The minimum atomic E-state index is 0.129. The van der Waals surface area contributed by atoms with Crippen molar-refractivity contribution in [2.24, 2.45) is 5.92 Å². The molecule has 1 aromatic carbocycles. The van der Waals surface area contributed by atoms with Gasteiger partial charge in [0.15, 0.2) is 0 Å². The van der Waals surface area contributed by atoms with Gasteiger partial charge in [0.25, 0.3) is 0 Å². The molecule has 1 aromatic rings. The second-order valence-corrected chi connectivity index (χ2v) is 6.51. The number of phenols is 1. The smallest absolute Gasteiger partial charge is 0.223 e. The summed E-state index contributed by atoms with van der Waals surface area (Å²) >= 11 is 0. The van der Waals surface area contributed by atoms with Crippen LogP contribution in [-0.4, -0.2) is 35.2 Å². The minimum Gasteiger partial charge on any atom is -0.508 e. The van der Waals surface area contributed by atoms with E-state index in [2.05, 4.69) is 12.2 Å². The molecule has 1 aliphatic carbocycles. The van der Waals surface area contributed by atoms with E-state index in [0.29, 0.717) is 25.4 Å². The van der Waals surface area contributed by atoms with E-state index in [1.54, 1.807) is 12.1 Å². The van der Waals surface area contributed by atoms with Crippen LogP contribution in [0.4, 0.5) is 0 Å². The molecule has 0 aromatic heterocycles. The van der Waals surface area contributed by atoms with Gasteiger partial charge in [0.1, 0.15) is 5.75 Å². The highest BCUT2D eigenvalue weighted by atomic mass is 16.5. The van der Waals surface area contributed by atoms with E-state index in [-0.39, 0.29) is 17.8 Å². The Hall–Kier alpha value is -1.81. The van der Waals surface area contributed by atoms with Crippen molar-refractivity contribution in [2.45, 2.75) is 44.8 Å². The molecule has 1 aliphatic heterocycles. The van der Waals surface area contributed by atoms with Crippen molar-refractivity contribution in [3.8, 4) is 5.75 Å². The third-order valence-corrected chi connectivity index (χ3v) is 4.70. The summed E-state index contributed by atoms with van der Waals surface area (Å²) in [6.45, 7) is 1.85. The number of hydrogen-bond acceptors (Lipinski definition) is 3. The summed E-state index contributed by atoms with van der Waals surface area (Å²) in [4.78, 5) is 14.6. The fourth-order valence-corrected chi connectivity index (χ4v) is 3.36. The van der Waals surface area contributed by atoms with Crippen molar-refractivity contribution in [3.05, 3.63) is 42.0 Å². The molecule has 23 heavy (non-hydrogen) atoms. The number of carbonyl (C=O) groups excluding carboxylic acids is 1. The van der Waals surface area contributed by atoms with Gasteiger partial charge in [-0.2, -0.15) is 0 Å². The van der Waals surface area contributed by atoms with E-state index in [1.165, 1.54) is 0 Å². The molecule has 1 N–H and O–H groups in total. The number of para-hydroxylation sites is 1. The van der Waals surface area contributed by atoms with Crippen LogP contribution >= 0.6 is 0 Å². The Labute approximate surface area is 137 Å². The van der Waals surface area contributed by atoms with Gasteiger partial charge >= 0.3 is 0 Å². The van der Waals surface area contributed by atoms with Gasteiger partial charge in [0, 0.05) is 31.7 Å². The third kappa shape index (κ3) is 4.35. The van der Waals surface area contributed by atoms with Crippen molar-refractivity contribution in [1.82, 2.24) is 4.90 Å². The molecule has 4 heteroatoms. The van der Waals surface area contributed by atoms with Crippen LogP contribution in [0.1, 0.15) is 37.7 Å². The number of aromatic hydroxyl groups is 1. The third-order valence-electron chi connectivity index (χ3n) is 4.70. The number of allylic oxidation sites excluding steroid dienone is 2. The van der Waals surface area contributed by atoms with Crippen LogP contribution in [0.5, 0.6) is 5.75 Å². The molecule has 1 saturated heterocycles. The Morgan fingerprint density at radius 2 is 2.17 bits per heavy atom. The molecule has 0 spiro atoms. The van der Waals surface area contributed by atoms with Crippen LogP contribution in [0.15, 0.2) is 36.4 Å². The number of nitrogens with zero attached hydrogens (tertiary/aromatic N) is 1. The standard InChI is InChI=1S/C19H25NO3/c21-18-10-4-3-8-16(18)13-20(14-17-9-5-11-23-17)19(22)12-15-6-1-2-7-15/h1,3-4,6,8,10,15,17,21H,2,5,7,9,11-14H2. The first-order chi connectivity index (χ1) is 11.2. The molecule has 1 amide bonds. The maximum absolute atomic E-state index is 12.8. The fourth-order valence-electron chi connectivity index (χ4n) is 3.36. The number of phenolic OH excluding ortho intramolecular Hbond substituents is 1. The molecule has 2 unspecified atom stereocenters. The monoisotopic (exact) mass is 315 g/mol. The first-order valence-electron chi connectivity index (χ1n) is 8.55. The Morgan fingerprint density at radius 3 is 2.87 bits per heavy atom. The van der Waals surface area contributed by atoms with Crippen molar-refractivity contribution in [1.29, 1.82) is 0 Å². The molecule has 2 atom stereocenters. The van der Waals surface area contributed by atoms with E-state index in [9.17, 15) is 9.90 Å². The maximum Gasteiger partial charge on any atom is 0.223 e. The minimum absolute atomic E-state index is 0.129. The van der Waals surface area contributed by atoms with E-state index in [1.807, 2.05) is 17.0 Å². The number of benzene rings is 1. The van der Waals surface area contributed by atoms with Gasteiger partial charge in [-0.1, -0.05) is 30.4 Å². The average Bonchev–Trinajstić information content (AvgIpc) is 3.22. The normalized spacial score (nSPS) is 23.3. The molecular formula is C19H25NO3. The summed E-state index contributed by atoms with van der Waals surface area (Å²) in [5.41, 5.74) is 0.792. The summed E-state index contributed by atoms with van der Waals surface area (Å²) in [5, 5.41) is 10.0. The first-order valence-corrected chi connectivity index (χ1v) is 8.55. The van der Waals surface area contributed by atoms with Crippen LogP contribution in [0.3, 0.4) is 0 Å². The van der Waals surface area contributed by atoms with Crippen molar-refractivity contribution in [3.63, 3.8) is 0 Å². The molecule has 124 valence electrons. The van der Waals surface area contributed by atoms with Crippen LogP contribution in [-0.2, 0) is 16.1 Å². The molecule has 4 nitrogen and oxygen atoms in total. The predicted molar refractivity (Wildman–Crippen MR) is 89.0 cm³/mol. The predicted octanol–water partition coefficient (Wildman–Crippen LogP) is 3.26. The molecular weight excluding hydrogens is 290 g/mol. The molecule has 0 radical (unpaired) electrons. The fraction of sp³-hybridized carbons (Fsp3) is 0.526. The van der Waals surface area contributed by atoms with Crippen LogP contribution in [0.2, 0.25) is 0 Å². The van der Waals surface area contributed by atoms with Crippen molar-refractivity contribution < 1.29 is 14.6 Å². The Morgan fingerprint density at radius 1 is 1.30 bits per heavy atom.